The van der Waals surface area contributed by atoms with Crippen LogP contribution in [0.1, 0.15) is 5.56 Å². The molecule has 0 nitrogen and oxygen atoms in total. The fourth-order valence-electron chi connectivity index (χ4n) is 3.84. The lowest BCUT2D eigenvalue weighted by atomic mass is 9.92. The van der Waals surface area contributed by atoms with Crippen molar-refractivity contribution in [2.75, 3.05) is 0 Å². The Labute approximate surface area is 153 Å². The van der Waals surface area contributed by atoms with E-state index in [9.17, 15) is 0 Å². The summed E-state index contributed by atoms with van der Waals surface area (Å²) in [5.41, 5.74) is 3.66. The van der Waals surface area contributed by atoms with Crippen LogP contribution in [-0.2, 0) is 0 Å². The Morgan fingerprint density at radius 3 is 2.04 bits per heavy atom. The fourth-order valence-corrected chi connectivity index (χ4v) is 3.84. The second-order valence-electron chi connectivity index (χ2n) is 6.72. The minimum Gasteiger partial charge on any atom is -0.0985 e. The molecule has 0 aliphatic rings. The van der Waals surface area contributed by atoms with Gasteiger partial charge in [0.15, 0.2) is 0 Å². The van der Waals surface area contributed by atoms with Gasteiger partial charge in [-0.2, -0.15) is 0 Å². The maximum Gasteiger partial charge on any atom is -0.00266 e. The molecule has 0 amide bonds. The highest BCUT2D eigenvalue weighted by Crippen LogP contribution is 2.36. The molecule has 0 unspecified atom stereocenters. The Morgan fingerprint density at radius 2 is 1.27 bits per heavy atom. The third-order valence-electron chi connectivity index (χ3n) is 5.18. The highest BCUT2D eigenvalue weighted by atomic mass is 14.1. The third kappa shape index (κ3) is 2.31. The van der Waals surface area contributed by atoms with Crippen molar-refractivity contribution in [1.82, 2.24) is 0 Å². The Morgan fingerprint density at radius 1 is 0.577 bits per heavy atom. The molecule has 0 saturated heterocycles. The quantitative estimate of drug-likeness (QED) is 0.233. The molecule has 0 atom stereocenters. The largest absolute Gasteiger partial charge is 0.0985 e. The maximum atomic E-state index is 3.85. The van der Waals surface area contributed by atoms with Gasteiger partial charge in [0.05, 0.1) is 0 Å². The van der Waals surface area contributed by atoms with Gasteiger partial charge in [0.2, 0.25) is 0 Å². The summed E-state index contributed by atoms with van der Waals surface area (Å²) in [5.74, 6) is 0. The molecule has 5 aromatic rings. The maximum absolute atomic E-state index is 3.85. The van der Waals surface area contributed by atoms with E-state index in [0.29, 0.717) is 0 Å². The average molecular weight is 330 g/mol. The van der Waals surface area contributed by atoms with Crippen LogP contribution in [-0.4, -0.2) is 0 Å². The normalized spacial score (nSPS) is 11.2. The molecule has 122 valence electrons. The molecule has 0 aliphatic carbocycles. The summed E-state index contributed by atoms with van der Waals surface area (Å²) in [5, 5.41) is 7.76. The Balaban J connectivity index is 1.89. The summed E-state index contributed by atoms with van der Waals surface area (Å²) in [7, 11) is 0. The van der Waals surface area contributed by atoms with Crippen LogP contribution in [0, 0.1) is 0 Å². The van der Waals surface area contributed by atoms with Crippen LogP contribution >= 0.6 is 0 Å². The van der Waals surface area contributed by atoms with Crippen molar-refractivity contribution in [3.63, 3.8) is 0 Å². The van der Waals surface area contributed by atoms with Crippen molar-refractivity contribution in [2.45, 2.75) is 0 Å². The zero-order valence-corrected chi connectivity index (χ0v) is 14.4. The molecular weight excluding hydrogens is 312 g/mol. The number of fused-ring (bicyclic) bond motifs is 4. The summed E-state index contributed by atoms with van der Waals surface area (Å²) >= 11 is 0. The van der Waals surface area contributed by atoms with Crippen LogP contribution in [0.2, 0.25) is 0 Å². The van der Waals surface area contributed by atoms with Gasteiger partial charge in [-0.05, 0) is 61.1 Å². The minimum absolute atomic E-state index is 1.14. The molecule has 0 aliphatic heterocycles. The molecule has 0 spiro atoms. The number of hydrogen-bond donors (Lipinski definition) is 0. The van der Waals surface area contributed by atoms with Crippen molar-refractivity contribution >= 4 is 38.4 Å². The van der Waals surface area contributed by atoms with E-state index in [2.05, 4.69) is 97.6 Å². The first-order valence-electron chi connectivity index (χ1n) is 8.91. The molecule has 0 heteroatoms. The van der Waals surface area contributed by atoms with E-state index < -0.39 is 0 Å². The van der Waals surface area contributed by atoms with Crippen LogP contribution in [0.15, 0.2) is 97.6 Å². The van der Waals surface area contributed by atoms with Crippen molar-refractivity contribution in [2.24, 2.45) is 0 Å². The monoisotopic (exact) mass is 330 g/mol. The van der Waals surface area contributed by atoms with E-state index >= 15 is 0 Å². The highest BCUT2D eigenvalue weighted by molar-refractivity contribution is 6.17. The molecular formula is C26H18. The fraction of sp³-hybridized carbons (Fsp3) is 0. The zero-order chi connectivity index (χ0) is 17.5. The zero-order valence-electron chi connectivity index (χ0n) is 14.4. The summed E-state index contributed by atoms with van der Waals surface area (Å²) < 4.78 is 0. The van der Waals surface area contributed by atoms with Gasteiger partial charge in [-0.1, -0.05) is 91.5 Å². The van der Waals surface area contributed by atoms with Crippen LogP contribution in [0.4, 0.5) is 0 Å². The molecule has 5 aromatic carbocycles. The Kier molecular flexibility index (Phi) is 3.36. The predicted octanol–water partition coefficient (Wildman–Crippen LogP) is 7.46. The van der Waals surface area contributed by atoms with Crippen molar-refractivity contribution in [3.8, 4) is 11.1 Å². The van der Waals surface area contributed by atoms with Gasteiger partial charge in [0, 0.05) is 0 Å². The lowest BCUT2D eigenvalue weighted by molar-refractivity contribution is 1.63. The lowest BCUT2D eigenvalue weighted by Gasteiger charge is -2.12. The average Bonchev–Trinajstić information content (AvgIpc) is 2.72. The molecule has 0 bridgehead atoms. The van der Waals surface area contributed by atoms with Gasteiger partial charge in [0.1, 0.15) is 0 Å². The molecule has 0 heterocycles. The van der Waals surface area contributed by atoms with Gasteiger partial charge in [-0.25, -0.2) is 0 Å². The molecule has 0 aromatic heterocycles. The van der Waals surface area contributed by atoms with Crippen LogP contribution in [0.25, 0.3) is 49.5 Å². The first-order valence-corrected chi connectivity index (χ1v) is 8.91. The van der Waals surface area contributed by atoms with Crippen LogP contribution in [0.5, 0.6) is 0 Å². The van der Waals surface area contributed by atoms with Gasteiger partial charge in [0.25, 0.3) is 0 Å². The lowest BCUT2D eigenvalue weighted by Crippen LogP contribution is -1.85. The number of hydrogen-bond acceptors (Lipinski definition) is 0. The Hall–Kier alpha value is -3.38. The highest BCUT2D eigenvalue weighted by Gasteiger charge is 2.09. The summed E-state index contributed by atoms with van der Waals surface area (Å²) in [4.78, 5) is 0. The molecule has 5 rings (SSSR count). The molecule has 0 radical (unpaired) electrons. The smallest absolute Gasteiger partial charge is 0.00266 e. The van der Waals surface area contributed by atoms with Crippen molar-refractivity contribution in [3.05, 3.63) is 103 Å². The number of rotatable bonds is 2. The van der Waals surface area contributed by atoms with Gasteiger partial charge in [-0.15, -0.1) is 0 Å². The second kappa shape index (κ2) is 5.86. The standard InChI is InChI=1S/C26H18/c1-2-18-10-12-19(13-11-18)24-9-5-8-20-14-15-23-16-21-6-3-4-7-22(21)17-25(23)26(20)24/h2-17H,1H2. The summed E-state index contributed by atoms with van der Waals surface area (Å²) in [6.45, 7) is 3.85. The van der Waals surface area contributed by atoms with Crippen molar-refractivity contribution < 1.29 is 0 Å². The third-order valence-corrected chi connectivity index (χ3v) is 5.18. The predicted molar refractivity (Wildman–Crippen MR) is 114 cm³/mol. The van der Waals surface area contributed by atoms with Crippen LogP contribution < -0.4 is 0 Å². The SMILES string of the molecule is C=Cc1ccc(-c2cccc3ccc4cc5ccccc5cc4c23)cc1. The number of benzene rings is 5. The van der Waals surface area contributed by atoms with E-state index in [1.807, 2.05) is 6.08 Å². The van der Waals surface area contributed by atoms with Crippen LogP contribution in [0.3, 0.4) is 0 Å². The minimum atomic E-state index is 1.14. The van der Waals surface area contributed by atoms with E-state index in [1.165, 1.54) is 43.4 Å². The Bertz CT molecular complexity index is 1270. The molecule has 26 heavy (non-hydrogen) atoms. The van der Waals surface area contributed by atoms with E-state index in [1.54, 1.807) is 0 Å². The molecule has 0 fully saturated rings. The van der Waals surface area contributed by atoms with Crippen molar-refractivity contribution in [1.29, 1.82) is 0 Å². The first kappa shape index (κ1) is 14.9. The van der Waals surface area contributed by atoms with E-state index in [-0.39, 0.29) is 0 Å². The topological polar surface area (TPSA) is 0 Å². The van der Waals surface area contributed by atoms with Gasteiger partial charge < -0.3 is 0 Å². The van der Waals surface area contributed by atoms with E-state index in [4.69, 9.17) is 0 Å². The van der Waals surface area contributed by atoms with Gasteiger partial charge >= 0.3 is 0 Å². The first-order chi connectivity index (χ1) is 12.8. The molecule has 0 N–H and O–H groups in total. The summed E-state index contributed by atoms with van der Waals surface area (Å²) in [6.07, 6.45) is 1.88. The van der Waals surface area contributed by atoms with Gasteiger partial charge in [-0.3, -0.25) is 0 Å². The summed E-state index contributed by atoms with van der Waals surface area (Å²) in [6, 6.07) is 32.8. The van der Waals surface area contributed by atoms with E-state index in [0.717, 1.165) is 5.56 Å². The second-order valence-corrected chi connectivity index (χ2v) is 6.72. The molecule has 0 saturated carbocycles.